The molecule has 3 unspecified atom stereocenters. The minimum Gasteiger partial charge on any atom is -0.317 e. The van der Waals surface area contributed by atoms with E-state index in [1.807, 2.05) is 11.3 Å². The Morgan fingerprint density at radius 1 is 1.37 bits per heavy atom. The predicted molar refractivity (Wildman–Crippen MR) is 82.8 cm³/mol. The maximum absolute atomic E-state index is 3.60. The molecule has 0 aromatic carbocycles. The summed E-state index contributed by atoms with van der Waals surface area (Å²) in [7, 11) is 4.48. The smallest absolute Gasteiger partial charge is 0.00989 e. The minimum absolute atomic E-state index is 0.707. The van der Waals surface area contributed by atoms with Gasteiger partial charge in [0, 0.05) is 23.0 Å². The van der Waals surface area contributed by atoms with E-state index in [9.17, 15) is 0 Å². The zero-order valence-electron chi connectivity index (χ0n) is 12.1. The Kier molecular flexibility index (Phi) is 4.25. The second kappa shape index (κ2) is 5.94. The number of thiophene rings is 1. The predicted octanol–water partition coefficient (Wildman–Crippen LogP) is 3.14. The van der Waals surface area contributed by atoms with E-state index < -0.39 is 0 Å². The van der Waals surface area contributed by atoms with Crippen molar-refractivity contribution in [3.8, 4) is 0 Å². The third-order valence-electron chi connectivity index (χ3n) is 5.36. The topological polar surface area (TPSA) is 15.3 Å². The van der Waals surface area contributed by atoms with Crippen LogP contribution in [0.15, 0.2) is 17.5 Å². The second-order valence-electron chi connectivity index (χ2n) is 6.30. The van der Waals surface area contributed by atoms with Crippen molar-refractivity contribution in [2.45, 2.75) is 56.7 Å². The molecule has 106 valence electrons. The van der Waals surface area contributed by atoms with Crippen LogP contribution in [-0.2, 0) is 6.42 Å². The van der Waals surface area contributed by atoms with Crippen LogP contribution in [-0.4, -0.2) is 37.1 Å². The molecule has 3 rings (SSSR count). The molecule has 3 heterocycles. The van der Waals surface area contributed by atoms with E-state index in [4.69, 9.17) is 0 Å². The monoisotopic (exact) mass is 278 g/mol. The largest absolute Gasteiger partial charge is 0.317 e. The quantitative estimate of drug-likeness (QED) is 0.890. The van der Waals surface area contributed by atoms with Crippen LogP contribution < -0.4 is 5.32 Å². The lowest BCUT2D eigenvalue weighted by Crippen LogP contribution is -2.46. The summed E-state index contributed by atoms with van der Waals surface area (Å²) < 4.78 is 0. The van der Waals surface area contributed by atoms with Crippen LogP contribution in [0.3, 0.4) is 0 Å². The Balaban J connectivity index is 1.57. The lowest BCUT2D eigenvalue weighted by molar-refractivity contribution is 0.112. The molecule has 2 saturated heterocycles. The number of hydrogen-bond donors (Lipinski definition) is 1. The SMILES string of the molecule is CNC(CCc1cccs1)C1CC2CCC(C1)N2C. The molecule has 3 atom stereocenters. The fraction of sp³-hybridized carbons (Fsp3) is 0.750. The highest BCUT2D eigenvalue weighted by Crippen LogP contribution is 2.39. The molecule has 0 saturated carbocycles. The van der Waals surface area contributed by atoms with E-state index in [1.54, 1.807) is 0 Å². The zero-order chi connectivity index (χ0) is 13.2. The van der Waals surface area contributed by atoms with Gasteiger partial charge in [-0.15, -0.1) is 11.3 Å². The third-order valence-corrected chi connectivity index (χ3v) is 6.29. The van der Waals surface area contributed by atoms with Crippen LogP contribution in [0.1, 0.15) is 37.0 Å². The molecule has 2 fully saturated rings. The first-order chi connectivity index (χ1) is 9.28. The van der Waals surface area contributed by atoms with Crippen molar-refractivity contribution in [3.05, 3.63) is 22.4 Å². The standard InChI is InChI=1S/C16H26N2S/c1-17-16(8-7-15-4-3-9-19-15)12-10-13-5-6-14(11-12)18(13)2/h3-4,9,12-14,16-17H,5-8,10-11H2,1-2H3. The highest BCUT2D eigenvalue weighted by atomic mass is 32.1. The fourth-order valence-corrected chi connectivity index (χ4v) is 4.88. The lowest BCUT2D eigenvalue weighted by atomic mass is 9.83. The third kappa shape index (κ3) is 2.88. The van der Waals surface area contributed by atoms with Crippen LogP contribution in [0.5, 0.6) is 0 Å². The van der Waals surface area contributed by atoms with E-state index in [0.29, 0.717) is 6.04 Å². The van der Waals surface area contributed by atoms with Gasteiger partial charge in [0.05, 0.1) is 0 Å². The van der Waals surface area contributed by atoms with Gasteiger partial charge in [0.2, 0.25) is 0 Å². The molecular weight excluding hydrogens is 252 g/mol. The van der Waals surface area contributed by atoms with Gasteiger partial charge in [-0.25, -0.2) is 0 Å². The van der Waals surface area contributed by atoms with Crippen molar-refractivity contribution in [1.82, 2.24) is 10.2 Å². The van der Waals surface area contributed by atoms with Crippen LogP contribution in [0.2, 0.25) is 0 Å². The summed E-state index contributed by atoms with van der Waals surface area (Å²) >= 11 is 1.90. The Hall–Kier alpha value is -0.380. The van der Waals surface area contributed by atoms with Crippen LogP contribution in [0.25, 0.3) is 0 Å². The fourth-order valence-electron chi connectivity index (χ4n) is 4.15. The molecule has 0 aliphatic carbocycles. The van der Waals surface area contributed by atoms with Gasteiger partial charge in [-0.1, -0.05) is 6.07 Å². The zero-order valence-corrected chi connectivity index (χ0v) is 13.0. The molecular formula is C16H26N2S. The van der Waals surface area contributed by atoms with Crippen molar-refractivity contribution in [2.24, 2.45) is 5.92 Å². The van der Waals surface area contributed by atoms with E-state index in [-0.39, 0.29) is 0 Å². The average molecular weight is 278 g/mol. The van der Waals surface area contributed by atoms with Gasteiger partial charge in [0.15, 0.2) is 0 Å². The first kappa shape index (κ1) is 13.6. The highest BCUT2D eigenvalue weighted by molar-refractivity contribution is 7.09. The molecule has 19 heavy (non-hydrogen) atoms. The number of fused-ring (bicyclic) bond motifs is 2. The maximum atomic E-state index is 3.60. The van der Waals surface area contributed by atoms with E-state index >= 15 is 0 Å². The number of aryl methyl sites for hydroxylation is 1. The minimum atomic E-state index is 0.707. The first-order valence-electron chi connectivity index (χ1n) is 7.69. The summed E-state index contributed by atoms with van der Waals surface area (Å²) in [6.45, 7) is 0. The van der Waals surface area contributed by atoms with Crippen LogP contribution >= 0.6 is 11.3 Å². The van der Waals surface area contributed by atoms with E-state index in [0.717, 1.165) is 18.0 Å². The molecule has 1 N–H and O–H groups in total. The van der Waals surface area contributed by atoms with Gasteiger partial charge in [-0.3, -0.25) is 0 Å². The van der Waals surface area contributed by atoms with Gasteiger partial charge in [0.25, 0.3) is 0 Å². The Bertz CT molecular complexity index is 375. The van der Waals surface area contributed by atoms with Gasteiger partial charge >= 0.3 is 0 Å². The first-order valence-corrected chi connectivity index (χ1v) is 8.57. The molecule has 0 amide bonds. The average Bonchev–Trinajstić information content (AvgIpc) is 2.97. The number of rotatable bonds is 5. The van der Waals surface area contributed by atoms with Crippen molar-refractivity contribution in [1.29, 1.82) is 0 Å². The van der Waals surface area contributed by atoms with Gasteiger partial charge in [-0.05, 0) is 70.0 Å². The number of hydrogen-bond acceptors (Lipinski definition) is 3. The molecule has 0 radical (unpaired) electrons. The summed E-state index contributed by atoms with van der Waals surface area (Å²) in [6.07, 6.45) is 8.21. The molecule has 1 aromatic heterocycles. The number of nitrogens with zero attached hydrogens (tertiary/aromatic N) is 1. The molecule has 3 heteroatoms. The summed E-state index contributed by atoms with van der Waals surface area (Å²) in [6, 6.07) is 6.88. The Morgan fingerprint density at radius 2 is 2.11 bits per heavy atom. The summed E-state index contributed by atoms with van der Waals surface area (Å²) in [5.41, 5.74) is 0. The highest BCUT2D eigenvalue weighted by Gasteiger charge is 2.40. The van der Waals surface area contributed by atoms with E-state index in [1.165, 1.54) is 43.4 Å². The molecule has 2 aliphatic rings. The normalized spacial score (nSPS) is 32.6. The number of nitrogens with one attached hydrogen (secondary N) is 1. The number of piperidine rings is 1. The van der Waals surface area contributed by atoms with Gasteiger partial charge in [-0.2, -0.15) is 0 Å². The molecule has 2 aliphatic heterocycles. The molecule has 2 bridgehead atoms. The van der Waals surface area contributed by atoms with Crippen LogP contribution in [0.4, 0.5) is 0 Å². The van der Waals surface area contributed by atoms with E-state index in [2.05, 4.69) is 41.8 Å². The van der Waals surface area contributed by atoms with Gasteiger partial charge in [0.1, 0.15) is 0 Å². The Labute approximate surface area is 121 Å². The Morgan fingerprint density at radius 3 is 2.68 bits per heavy atom. The summed E-state index contributed by atoms with van der Waals surface area (Å²) in [4.78, 5) is 4.18. The van der Waals surface area contributed by atoms with Crippen LogP contribution in [0, 0.1) is 5.92 Å². The summed E-state index contributed by atoms with van der Waals surface area (Å²) in [5.74, 6) is 0.888. The van der Waals surface area contributed by atoms with Crippen molar-refractivity contribution >= 4 is 11.3 Å². The second-order valence-corrected chi connectivity index (χ2v) is 7.33. The van der Waals surface area contributed by atoms with Crippen molar-refractivity contribution < 1.29 is 0 Å². The maximum Gasteiger partial charge on any atom is 0.00989 e. The summed E-state index contributed by atoms with van der Waals surface area (Å²) in [5, 5.41) is 5.80. The van der Waals surface area contributed by atoms with Crippen molar-refractivity contribution in [3.63, 3.8) is 0 Å². The van der Waals surface area contributed by atoms with Gasteiger partial charge < -0.3 is 10.2 Å². The molecule has 0 spiro atoms. The van der Waals surface area contributed by atoms with Crippen molar-refractivity contribution in [2.75, 3.05) is 14.1 Å². The molecule has 1 aromatic rings. The molecule has 2 nitrogen and oxygen atoms in total. The lowest BCUT2D eigenvalue weighted by Gasteiger charge is -2.39.